The van der Waals surface area contributed by atoms with Crippen LogP contribution in [-0.2, 0) is 0 Å². The number of para-hydroxylation sites is 3. The summed E-state index contributed by atoms with van der Waals surface area (Å²) in [6, 6.07) is 15.7. The van der Waals surface area contributed by atoms with Crippen LogP contribution in [0.3, 0.4) is 0 Å². The number of nitrogens with one attached hydrogen (secondary N) is 1. The maximum absolute atomic E-state index is 10.1. The summed E-state index contributed by atoms with van der Waals surface area (Å²) < 4.78 is 0. The minimum absolute atomic E-state index is 0.299. The van der Waals surface area contributed by atoms with Crippen molar-refractivity contribution in [3.63, 3.8) is 0 Å². The van der Waals surface area contributed by atoms with Gasteiger partial charge >= 0.3 is 0 Å². The molecule has 3 nitrogen and oxygen atoms in total. The fourth-order valence-corrected chi connectivity index (χ4v) is 2.65. The molecule has 0 saturated heterocycles. The highest BCUT2D eigenvalue weighted by Crippen LogP contribution is 2.28. The molecule has 0 amide bonds. The minimum Gasteiger partial charge on any atom is -0.507 e. The molecule has 1 atom stereocenters. The lowest BCUT2D eigenvalue weighted by Gasteiger charge is -2.15. The van der Waals surface area contributed by atoms with E-state index in [2.05, 4.69) is 13.0 Å². The van der Waals surface area contributed by atoms with Gasteiger partial charge in [0.05, 0.1) is 12.1 Å². The summed E-state index contributed by atoms with van der Waals surface area (Å²) in [6.45, 7) is 3.19. The van der Waals surface area contributed by atoms with Gasteiger partial charge in [0.15, 0.2) is 5.69 Å². The molecule has 1 aliphatic heterocycles. The van der Waals surface area contributed by atoms with Gasteiger partial charge in [-0.2, -0.15) is 4.99 Å². The number of fused-ring (bicyclic) bond motifs is 1. The Kier molecular flexibility index (Phi) is 3.52. The van der Waals surface area contributed by atoms with Crippen molar-refractivity contribution in [1.82, 2.24) is 0 Å². The molecule has 1 aliphatic rings. The smallest absolute Gasteiger partial charge is 0.243 e. The molecule has 0 saturated carbocycles. The van der Waals surface area contributed by atoms with E-state index in [-0.39, 0.29) is 0 Å². The lowest BCUT2D eigenvalue weighted by Crippen LogP contribution is -3.09. The van der Waals surface area contributed by atoms with Crippen LogP contribution in [0.5, 0.6) is 5.75 Å². The molecule has 3 rings (SSSR count). The van der Waals surface area contributed by atoms with E-state index in [4.69, 9.17) is 4.99 Å². The van der Waals surface area contributed by atoms with Crippen LogP contribution < -0.4 is 4.90 Å². The van der Waals surface area contributed by atoms with Gasteiger partial charge in [0, 0.05) is 6.07 Å². The van der Waals surface area contributed by atoms with Gasteiger partial charge in [0.25, 0.3) is 0 Å². The molecular formula is C17H19N2O+. The average molecular weight is 267 g/mol. The number of unbranched alkanes of at least 4 members (excludes halogenated alkanes) is 1. The molecule has 0 fully saturated rings. The maximum atomic E-state index is 10.1. The Labute approximate surface area is 119 Å². The molecule has 2 aromatic rings. The highest BCUT2D eigenvalue weighted by atomic mass is 16.3. The van der Waals surface area contributed by atoms with E-state index < -0.39 is 0 Å². The molecule has 0 aliphatic carbocycles. The van der Waals surface area contributed by atoms with Crippen molar-refractivity contribution < 1.29 is 10.0 Å². The summed E-state index contributed by atoms with van der Waals surface area (Å²) >= 11 is 0. The lowest BCUT2D eigenvalue weighted by molar-refractivity contribution is -0.727. The third kappa shape index (κ3) is 2.21. The Morgan fingerprint density at radius 2 is 1.80 bits per heavy atom. The number of aliphatic imine (C=N–C) groups is 1. The molecule has 0 aromatic heterocycles. The highest BCUT2D eigenvalue weighted by Gasteiger charge is 2.31. The van der Waals surface area contributed by atoms with Crippen molar-refractivity contribution >= 4 is 17.2 Å². The predicted molar refractivity (Wildman–Crippen MR) is 81.1 cm³/mol. The van der Waals surface area contributed by atoms with E-state index in [0.717, 1.165) is 36.5 Å². The first kappa shape index (κ1) is 12.9. The van der Waals surface area contributed by atoms with Crippen LogP contribution in [0.25, 0.3) is 0 Å². The normalized spacial score (nSPS) is 16.9. The molecule has 1 heterocycles. The zero-order valence-corrected chi connectivity index (χ0v) is 11.6. The zero-order chi connectivity index (χ0) is 13.9. The Balaban J connectivity index is 2.04. The second-order valence-corrected chi connectivity index (χ2v) is 5.08. The van der Waals surface area contributed by atoms with E-state index in [1.165, 1.54) is 10.6 Å². The fraction of sp³-hybridized carbons (Fsp3) is 0.235. The van der Waals surface area contributed by atoms with E-state index in [1.54, 1.807) is 6.07 Å². The van der Waals surface area contributed by atoms with E-state index in [1.807, 2.05) is 36.4 Å². The quantitative estimate of drug-likeness (QED) is 0.878. The Bertz CT molecular complexity index is 649. The van der Waals surface area contributed by atoms with Crippen LogP contribution >= 0.6 is 0 Å². The van der Waals surface area contributed by atoms with Crippen molar-refractivity contribution in [3.05, 3.63) is 54.1 Å². The first-order valence-corrected chi connectivity index (χ1v) is 7.14. The summed E-state index contributed by atoms with van der Waals surface area (Å²) in [6.07, 6.45) is 2.29. The van der Waals surface area contributed by atoms with Gasteiger partial charge in [-0.1, -0.05) is 37.6 Å². The SMILES string of the molecule is CCCC[NH+]1C(c2ccccc2O)=Nc2ccccc21. The van der Waals surface area contributed by atoms with E-state index in [0.29, 0.717) is 5.75 Å². The molecule has 20 heavy (non-hydrogen) atoms. The molecule has 3 heteroatoms. The van der Waals surface area contributed by atoms with Gasteiger partial charge in [0.2, 0.25) is 5.84 Å². The van der Waals surface area contributed by atoms with Crippen molar-refractivity contribution in [2.24, 2.45) is 4.99 Å². The summed E-state index contributed by atoms with van der Waals surface area (Å²) in [7, 11) is 0. The first-order valence-electron chi connectivity index (χ1n) is 7.14. The number of quaternary nitrogens is 1. The van der Waals surface area contributed by atoms with E-state index in [9.17, 15) is 5.11 Å². The maximum Gasteiger partial charge on any atom is 0.243 e. The number of phenolic OH excluding ortho intramolecular Hbond substituents is 1. The van der Waals surface area contributed by atoms with Crippen LogP contribution in [0.4, 0.5) is 11.4 Å². The highest BCUT2D eigenvalue weighted by molar-refractivity contribution is 6.00. The Hall–Kier alpha value is -2.13. The second kappa shape index (κ2) is 5.47. The molecular weight excluding hydrogens is 248 g/mol. The number of nitrogens with zero attached hydrogens (tertiary/aromatic N) is 1. The molecule has 0 bridgehead atoms. The lowest BCUT2D eigenvalue weighted by atomic mass is 10.1. The standard InChI is InChI=1S/C17H18N2O/c1-2-3-12-19-15-10-6-5-9-14(15)18-17(19)13-8-4-7-11-16(13)20/h4-11,20H,2-3,12H2,1H3/p+1. The van der Waals surface area contributed by atoms with Crippen molar-refractivity contribution in [3.8, 4) is 5.75 Å². The number of hydrogen-bond donors (Lipinski definition) is 2. The summed E-state index contributed by atoms with van der Waals surface area (Å²) in [5.41, 5.74) is 3.05. The number of benzene rings is 2. The molecule has 0 spiro atoms. The van der Waals surface area contributed by atoms with Crippen LogP contribution in [0, 0.1) is 0 Å². The van der Waals surface area contributed by atoms with Crippen molar-refractivity contribution in [2.75, 3.05) is 6.54 Å². The number of rotatable bonds is 4. The number of hydrogen-bond acceptors (Lipinski definition) is 2. The fourth-order valence-electron chi connectivity index (χ4n) is 2.65. The van der Waals surface area contributed by atoms with Crippen molar-refractivity contribution in [1.29, 1.82) is 0 Å². The van der Waals surface area contributed by atoms with Crippen LogP contribution in [0.15, 0.2) is 53.5 Å². The number of amidine groups is 1. The Morgan fingerprint density at radius 1 is 1.05 bits per heavy atom. The van der Waals surface area contributed by atoms with Gasteiger partial charge < -0.3 is 5.11 Å². The molecule has 0 radical (unpaired) electrons. The summed E-state index contributed by atoms with van der Waals surface area (Å²) in [4.78, 5) is 5.99. The zero-order valence-electron chi connectivity index (χ0n) is 11.6. The van der Waals surface area contributed by atoms with Crippen LogP contribution in [0.1, 0.15) is 25.3 Å². The molecule has 2 aromatic carbocycles. The largest absolute Gasteiger partial charge is 0.507 e. The molecule has 2 N–H and O–H groups in total. The third-order valence-corrected chi connectivity index (χ3v) is 3.69. The van der Waals surface area contributed by atoms with Crippen LogP contribution in [0.2, 0.25) is 0 Å². The molecule has 1 unspecified atom stereocenters. The number of aromatic hydroxyl groups is 1. The van der Waals surface area contributed by atoms with Gasteiger partial charge in [-0.3, -0.25) is 4.90 Å². The van der Waals surface area contributed by atoms with Crippen LogP contribution in [-0.4, -0.2) is 17.5 Å². The minimum atomic E-state index is 0.299. The van der Waals surface area contributed by atoms with Crippen molar-refractivity contribution in [2.45, 2.75) is 19.8 Å². The number of phenols is 1. The third-order valence-electron chi connectivity index (χ3n) is 3.69. The van der Waals surface area contributed by atoms with E-state index >= 15 is 0 Å². The predicted octanol–water partition coefficient (Wildman–Crippen LogP) is 2.80. The monoisotopic (exact) mass is 267 g/mol. The van der Waals surface area contributed by atoms with Gasteiger partial charge in [-0.25, -0.2) is 0 Å². The topological polar surface area (TPSA) is 37.0 Å². The average Bonchev–Trinajstić information content (AvgIpc) is 2.84. The van der Waals surface area contributed by atoms with Gasteiger partial charge in [-0.05, 0) is 24.6 Å². The molecule has 102 valence electrons. The van der Waals surface area contributed by atoms with Gasteiger partial charge in [0.1, 0.15) is 11.4 Å². The van der Waals surface area contributed by atoms with Gasteiger partial charge in [-0.15, -0.1) is 0 Å². The summed E-state index contributed by atoms with van der Waals surface area (Å²) in [5.74, 6) is 1.23. The Morgan fingerprint density at radius 3 is 2.60 bits per heavy atom. The summed E-state index contributed by atoms with van der Waals surface area (Å²) in [5, 5.41) is 10.1. The second-order valence-electron chi connectivity index (χ2n) is 5.08. The first-order chi connectivity index (χ1) is 9.81.